The second-order valence-electron chi connectivity index (χ2n) is 8.27. The molecule has 172 valence electrons. The number of aryl methyl sites for hydroxylation is 1. The van der Waals surface area contributed by atoms with Gasteiger partial charge in [0, 0.05) is 38.3 Å². The fourth-order valence-electron chi connectivity index (χ4n) is 4.11. The van der Waals surface area contributed by atoms with E-state index in [4.69, 9.17) is 0 Å². The minimum atomic E-state index is -3.48. The van der Waals surface area contributed by atoms with Crippen molar-refractivity contribution < 1.29 is 18.0 Å². The molecular weight excluding hydrogens is 450 g/mol. The van der Waals surface area contributed by atoms with Gasteiger partial charge in [-0.1, -0.05) is 4.49 Å². The Morgan fingerprint density at radius 1 is 1.09 bits per heavy atom. The van der Waals surface area contributed by atoms with E-state index in [1.807, 2.05) is 4.90 Å². The van der Waals surface area contributed by atoms with E-state index < -0.39 is 10.0 Å². The summed E-state index contributed by atoms with van der Waals surface area (Å²) in [5, 5.41) is 6.84. The van der Waals surface area contributed by atoms with Crippen LogP contribution in [0.15, 0.2) is 29.2 Å². The van der Waals surface area contributed by atoms with E-state index >= 15 is 0 Å². The maximum Gasteiger partial charge on any atom is 0.267 e. The van der Waals surface area contributed by atoms with E-state index in [-0.39, 0.29) is 16.7 Å². The highest BCUT2D eigenvalue weighted by Gasteiger charge is 2.28. The van der Waals surface area contributed by atoms with Gasteiger partial charge in [0.25, 0.3) is 11.8 Å². The van der Waals surface area contributed by atoms with E-state index in [1.165, 1.54) is 16.4 Å². The van der Waals surface area contributed by atoms with Gasteiger partial charge in [-0.15, -0.1) is 5.10 Å². The molecule has 2 aromatic rings. The van der Waals surface area contributed by atoms with Crippen molar-refractivity contribution in [3.05, 3.63) is 40.4 Å². The Bertz CT molecular complexity index is 1070. The number of hydrogen-bond acceptors (Lipinski definition) is 7. The van der Waals surface area contributed by atoms with E-state index in [0.717, 1.165) is 37.2 Å². The SMILES string of the molecule is Cc1nnsc1C(=O)N1CCC(CNC(=O)c2ccc(S(=O)(=O)N3CCCC3)cc2)CC1. The van der Waals surface area contributed by atoms with Crippen LogP contribution in [0, 0.1) is 12.8 Å². The highest BCUT2D eigenvalue weighted by atomic mass is 32.2. The number of piperidine rings is 1. The van der Waals surface area contributed by atoms with Gasteiger partial charge >= 0.3 is 0 Å². The quantitative estimate of drug-likeness (QED) is 0.680. The molecule has 1 N–H and O–H groups in total. The Morgan fingerprint density at radius 2 is 1.75 bits per heavy atom. The van der Waals surface area contributed by atoms with Crippen molar-refractivity contribution in [2.24, 2.45) is 5.92 Å². The summed E-state index contributed by atoms with van der Waals surface area (Å²) in [7, 11) is -3.48. The Morgan fingerprint density at radius 3 is 2.34 bits per heavy atom. The molecule has 2 fully saturated rings. The van der Waals surface area contributed by atoms with Crippen LogP contribution in [0.5, 0.6) is 0 Å². The number of rotatable bonds is 6. The third-order valence-electron chi connectivity index (χ3n) is 6.12. The number of carbonyl (C=O) groups is 2. The van der Waals surface area contributed by atoms with Crippen LogP contribution in [0.1, 0.15) is 51.4 Å². The number of hydrogen-bond donors (Lipinski definition) is 1. The smallest absolute Gasteiger partial charge is 0.267 e. The number of nitrogens with one attached hydrogen (secondary N) is 1. The summed E-state index contributed by atoms with van der Waals surface area (Å²) in [5.41, 5.74) is 1.10. The van der Waals surface area contributed by atoms with Crippen LogP contribution in [0.4, 0.5) is 0 Å². The molecule has 0 bridgehead atoms. The van der Waals surface area contributed by atoms with Gasteiger partial charge in [0.15, 0.2) is 0 Å². The van der Waals surface area contributed by atoms with Crippen molar-refractivity contribution in [3.8, 4) is 0 Å². The van der Waals surface area contributed by atoms with Gasteiger partial charge in [-0.05, 0) is 74.3 Å². The molecule has 2 amide bonds. The fraction of sp³-hybridized carbons (Fsp3) is 0.524. The van der Waals surface area contributed by atoms with Crippen molar-refractivity contribution >= 4 is 33.4 Å². The molecular formula is C21H27N5O4S2. The van der Waals surface area contributed by atoms with Gasteiger partial charge in [-0.25, -0.2) is 8.42 Å². The third kappa shape index (κ3) is 4.84. The van der Waals surface area contributed by atoms with Crippen molar-refractivity contribution in [2.45, 2.75) is 37.5 Å². The van der Waals surface area contributed by atoms with Gasteiger partial charge in [0.1, 0.15) is 4.88 Å². The minimum absolute atomic E-state index is 0.0241. The summed E-state index contributed by atoms with van der Waals surface area (Å²) in [6, 6.07) is 6.13. The predicted octanol–water partition coefficient (Wildman–Crippen LogP) is 1.91. The number of carbonyl (C=O) groups excluding carboxylic acids is 2. The second-order valence-corrected chi connectivity index (χ2v) is 11.0. The van der Waals surface area contributed by atoms with E-state index in [1.54, 1.807) is 19.1 Å². The zero-order valence-electron chi connectivity index (χ0n) is 18.0. The molecule has 9 nitrogen and oxygen atoms in total. The molecule has 0 spiro atoms. The number of aromatic nitrogens is 2. The van der Waals surface area contributed by atoms with Gasteiger partial charge in [0.2, 0.25) is 10.0 Å². The first kappa shape index (κ1) is 22.8. The molecule has 32 heavy (non-hydrogen) atoms. The molecule has 0 aliphatic carbocycles. The number of nitrogens with zero attached hydrogens (tertiary/aromatic N) is 4. The van der Waals surface area contributed by atoms with Gasteiger partial charge in [-0.3, -0.25) is 9.59 Å². The maximum atomic E-state index is 12.6. The largest absolute Gasteiger partial charge is 0.352 e. The highest BCUT2D eigenvalue weighted by Crippen LogP contribution is 2.22. The molecule has 2 aliphatic heterocycles. The van der Waals surface area contributed by atoms with E-state index in [9.17, 15) is 18.0 Å². The van der Waals surface area contributed by atoms with Crippen molar-refractivity contribution in [1.82, 2.24) is 24.1 Å². The highest BCUT2D eigenvalue weighted by molar-refractivity contribution is 7.89. The zero-order valence-corrected chi connectivity index (χ0v) is 19.6. The molecule has 0 saturated carbocycles. The van der Waals surface area contributed by atoms with Crippen molar-refractivity contribution in [3.63, 3.8) is 0 Å². The summed E-state index contributed by atoms with van der Waals surface area (Å²) in [5.74, 6) is 0.0439. The van der Waals surface area contributed by atoms with Crippen LogP contribution in [0.25, 0.3) is 0 Å². The Hall–Kier alpha value is -2.37. The Labute approximate surface area is 192 Å². The molecule has 4 rings (SSSR count). The third-order valence-corrected chi connectivity index (χ3v) is 8.85. The molecule has 1 aromatic heterocycles. The lowest BCUT2D eigenvalue weighted by Gasteiger charge is -2.31. The summed E-state index contributed by atoms with van der Waals surface area (Å²) < 4.78 is 30.5. The lowest BCUT2D eigenvalue weighted by atomic mass is 9.96. The normalized spacial score (nSPS) is 18.1. The molecule has 11 heteroatoms. The molecule has 0 atom stereocenters. The van der Waals surface area contributed by atoms with Crippen molar-refractivity contribution in [1.29, 1.82) is 0 Å². The summed E-state index contributed by atoms with van der Waals surface area (Å²) in [6.07, 6.45) is 3.39. The number of sulfonamides is 1. The molecule has 2 aliphatic rings. The maximum absolute atomic E-state index is 12.6. The lowest BCUT2D eigenvalue weighted by molar-refractivity contribution is 0.0688. The molecule has 0 unspecified atom stereocenters. The average molecular weight is 478 g/mol. The van der Waals surface area contributed by atoms with Crippen LogP contribution < -0.4 is 5.32 Å². The first-order valence-corrected chi connectivity index (χ1v) is 13.0. The number of benzene rings is 1. The van der Waals surface area contributed by atoms with Crippen LogP contribution >= 0.6 is 11.5 Å². The first-order valence-electron chi connectivity index (χ1n) is 10.8. The molecule has 2 saturated heterocycles. The van der Waals surface area contributed by atoms with Crippen LogP contribution in [0.2, 0.25) is 0 Å². The minimum Gasteiger partial charge on any atom is -0.352 e. The van der Waals surface area contributed by atoms with Crippen LogP contribution in [-0.2, 0) is 10.0 Å². The number of likely N-dealkylation sites (tertiary alicyclic amines) is 1. The lowest BCUT2D eigenvalue weighted by Crippen LogP contribution is -2.41. The Balaban J connectivity index is 1.26. The molecule has 0 radical (unpaired) electrons. The van der Waals surface area contributed by atoms with Gasteiger partial charge in [0.05, 0.1) is 10.6 Å². The second kappa shape index (κ2) is 9.63. The zero-order chi connectivity index (χ0) is 22.7. The average Bonchev–Trinajstić information content (AvgIpc) is 3.50. The monoisotopic (exact) mass is 477 g/mol. The van der Waals surface area contributed by atoms with Crippen molar-refractivity contribution in [2.75, 3.05) is 32.7 Å². The van der Waals surface area contributed by atoms with Crippen LogP contribution in [-0.4, -0.2) is 71.7 Å². The predicted molar refractivity (Wildman–Crippen MR) is 120 cm³/mol. The summed E-state index contributed by atoms with van der Waals surface area (Å²) in [4.78, 5) is 27.7. The molecule has 1 aromatic carbocycles. The molecule has 3 heterocycles. The fourth-order valence-corrected chi connectivity index (χ4v) is 6.25. The van der Waals surface area contributed by atoms with Gasteiger partial charge in [-0.2, -0.15) is 4.31 Å². The van der Waals surface area contributed by atoms with E-state index in [0.29, 0.717) is 54.8 Å². The van der Waals surface area contributed by atoms with Gasteiger partial charge < -0.3 is 10.2 Å². The Kier molecular flexibility index (Phi) is 6.87. The first-order chi connectivity index (χ1) is 15.4. The standard InChI is InChI=1S/C21H27N5O4S2/c1-15-19(31-24-23-15)21(28)25-12-8-16(9-13-25)14-22-20(27)17-4-6-18(7-5-17)32(29,30)26-10-2-3-11-26/h4-7,16H,2-3,8-14H2,1H3,(H,22,27). The topological polar surface area (TPSA) is 113 Å². The van der Waals surface area contributed by atoms with E-state index in [2.05, 4.69) is 14.9 Å². The summed E-state index contributed by atoms with van der Waals surface area (Å²) in [6.45, 7) is 4.69. The van der Waals surface area contributed by atoms with Crippen LogP contribution in [0.3, 0.4) is 0 Å². The summed E-state index contributed by atoms with van der Waals surface area (Å²) >= 11 is 1.12. The number of amides is 2.